The van der Waals surface area contributed by atoms with Crippen molar-refractivity contribution in [2.75, 3.05) is 30.5 Å². The lowest BCUT2D eigenvalue weighted by molar-refractivity contribution is -0.146. The summed E-state index contributed by atoms with van der Waals surface area (Å²) in [6.45, 7) is 0.248. The molecule has 8 nitrogen and oxygen atoms in total. The highest BCUT2D eigenvalue weighted by Crippen LogP contribution is 2.25. The maximum atomic E-state index is 12.0. The number of ether oxygens (including phenoxy) is 2. The standard InChI is InChI=1S/C18H19N3O5S/c1-25-14-6-3-2-5-13(14)20-15(22)10-26-17(24)9-12-11-27-18(19-12)21-8-4-7-16(21)23/h2-3,5-6,11H,4,7-10H2,1H3,(H,20,22). The van der Waals surface area contributed by atoms with Crippen LogP contribution in [0.1, 0.15) is 18.5 Å². The summed E-state index contributed by atoms with van der Waals surface area (Å²) < 4.78 is 10.1. The van der Waals surface area contributed by atoms with Crippen LogP contribution in [-0.2, 0) is 25.5 Å². The van der Waals surface area contributed by atoms with Gasteiger partial charge in [0, 0.05) is 18.3 Å². The molecular weight excluding hydrogens is 370 g/mol. The second-order valence-corrected chi connectivity index (χ2v) is 6.69. The molecule has 9 heteroatoms. The van der Waals surface area contributed by atoms with E-state index in [1.54, 1.807) is 34.5 Å². The van der Waals surface area contributed by atoms with E-state index in [1.165, 1.54) is 18.4 Å². The molecule has 3 rings (SSSR count). The van der Waals surface area contributed by atoms with Crippen molar-refractivity contribution >= 4 is 39.9 Å². The summed E-state index contributed by atoms with van der Waals surface area (Å²) in [4.78, 5) is 41.6. The van der Waals surface area contributed by atoms with Crippen LogP contribution in [0, 0.1) is 0 Å². The van der Waals surface area contributed by atoms with Crippen LogP contribution in [0.5, 0.6) is 5.75 Å². The summed E-state index contributed by atoms with van der Waals surface area (Å²) in [5, 5.41) is 4.94. The minimum Gasteiger partial charge on any atom is -0.495 e. The average molecular weight is 389 g/mol. The number of rotatable bonds is 7. The largest absolute Gasteiger partial charge is 0.495 e. The Balaban J connectivity index is 1.47. The van der Waals surface area contributed by atoms with Gasteiger partial charge < -0.3 is 14.8 Å². The summed E-state index contributed by atoms with van der Waals surface area (Å²) in [6.07, 6.45) is 1.29. The molecule has 1 aliphatic rings. The van der Waals surface area contributed by atoms with E-state index in [1.807, 2.05) is 0 Å². The van der Waals surface area contributed by atoms with E-state index in [4.69, 9.17) is 9.47 Å². The third-order valence-corrected chi connectivity index (χ3v) is 4.83. The Bertz CT molecular complexity index is 851. The number of nitrogens with one attached hydrogen (secondary N) is 1. The highest BCUT2D eigenvalue weighted by Gasteiger charge is 2.24. The van der Waals surface area contributed by atoms with Crippen molar-refractivity contribution in [2.45, 2.75) is 19.3 Å². The maximum Gasteiger partial charge on any atom is 0.312 e. The van der Waals surface area contributed by atoms with Gasteiger partial charge in [0.1, 0.15) is 5.75 Å². The average Bonchev–Trinajstić information content (AvgIpc) is 3.29. The number of para-hydroxylation sites is 2. The molecule has 1 fully saturated rings. The normalized spacial score (nSPS) is 13.5. The number of nitrogens with zero attached hydrogens (tertiary/aromatic N) is 2. The maximum absolute atomic E-state index is 12.0. The predicted octanol–water partition coefficient (Wildman–Crippen LogP) is 2.00. The van der Waals surface area contributed by atoms with Gasteiger partial charge >= 0.3 is 5.97 Å². The van der Waals surface area contributed by atoms with Crippen molar-refractivity contribution < 1.29 is 23.9 Å². The lowest BCUT2D eigenvalue weighted by Gasteiger charge is -2.10. The molecule has 0 unspecified atom stereocenters. The fourth-order valence-electron chi connectivity index (χ4n) is 2.63. The molecule has 0 bridgehead atoms. The quantitative estimate of drug-likeness (QED) is 0.728. The van der Waals surface area contributed by atoms with Crippen molar-refractivity contribution in [3.63, 3.8) is 0 Å². The molecule has 0 radical (unpaired) electrons. The molecule has 1 N–H and O–H groups in total. The molecule has 2 aromatic rings. The van der Waals surface area contributed by atoms with Crippen molar-refractivity contribution in [3.8, 4) is 5.75 Å². The Kier molecular flexibility index (Phi) is 6.02. The number of methoxy groups -OCH3 is 1. The smallest absolute Gasteiger partial charge is 0.312 e. The third kappa shape index (κ3) is 4.82. The van der Waals surface area contributed by atoms with Crippen LogP contribution in [-0.4, -0.2) is 43.0 Å². The van der Waals surface area contributed by atoms with E-state index in [9.17, 15) is 14.4 Å². The Labute approximate surface area is 160 Å². The molecule has 2 amide bonds. The molecule has 1 saturated heterocycles. The minimum atomic E-state index is -0.560. The summed E-state index contributed by atoms with van der Waals surface area (Å²) in [5.41, 5.74) is 1.02. The number of anilines is 2. The molecule has 0 saturated carbocycles. The number of carbonyl (C=O) groups excluding carboxylic acids is 3. The van der Waals surface area contributed by atoms with Crippen LogP contribution in [0.2, 0.25) is 0 Å². The number of thiazole rings is 1. The number of hydrogen-bond donors (Lipinski definition) is 1. The fourth-order valence-corrected chi connectivity index (χ4v) is 3.50. The van der Waals surface area contributed by atoms with Crippen molar-refractivity contribution in [3.05, 3.63) is 35.3 Å². The fraction of sp³-hybridized carbons (Fsp3) is 0.333. The first kappa shape index (κ1) is 18.8. The molecule has 1 aromatic carbocycles. The number of amides is 2. The van der Waals surface area contributed by atoms with Gasteiger partial charge in [0.05, 0.1) is 24.9 Å². The molecular formula is C18H19N3O5S. The van der Waals surface area contributed by atoms with E-state index in [2.05, 4.69) is 10.3 Å². The zero-order valence-electron chi connectivity index (χ0n) is 14.8. The second-order valence-electron chi connectivity index (χ2n) is 5.86. The number of carbonyl (C=O) groups is 3. The van der Waals surface area contributed by atoms with Gasteiger partial charge in [-0.25, -0.2) is 4.98 Å². The molecule has 27 heavy (non-hydrogen) atoms. The number of esters is 1. The first-order valence-corrected chi connectivity index (χ1v) is 9.28. The third-order valence-electron chi connectivity index (χ3n) is 3.91. The minimum absolute atomic E-state index is 0.0477. The predicted molar refractivity (Wildman–Crippen MR) is 100.0 cm³/mol. The molecule has 0 aliphatic carbocycles. The first-order valence-electron chi connectivity index (χ1n) is 8.40. The van der Waals surface area contributed by atoms with Gasteiger partial charge in [-0.05, 0) is 18.6 Å². The molecule has 0 atom stereocenters. The molecule has 0 spiro atoms. The van der Waals surface area contributed by atoms with Crippen molar-refractivity contribution in [1.82, 2.24) is 4.98 Å². The molecule has 1 aliphatic heterocycles. The summed E-state index contributed by atoms with van der Waals surface area (Å²) >= 11 is 1.32. The summed E-state index contributed by atoms with van der Waals surface area (Å²) in [6, 6.07) is 6.95. The van der Waals surface area contributed by atoms with Gasteiger partial charge in [0.2, 0.25) is 5.91 Å². The number of benzene rings is 1. The van der Waals surface area contributed by atoms with Crippen LogP contribution in [0.15, 0.2) is 29.6 Å². The van der Waals surface area contributed by atoms with Gasteiger partial charge in [-0.15, -0.1) is 11.3 Å². The zero-order chi connectivity index (χ0) is 19.2. The number of hydrogen-bond acceptors (Lipinski definition) is 7. The molecule has 2 heterocycles. The van der Waals surface area contributed by atoms with Gasteiger partial charge in [0.25, 0.3) is 5.91 Å². The lowest BCUT2D eigenvalue weighted by atomic mass is 10.3. The van der Waals surface area contributed by atoms with Crippen LogP contribution in [0.4, 0.5) is 10.8 Å². The summed E-state index contributed by atoms with van der Waals surface area (Å²) in [7, 11) is 1.50. The van der Waals surface area contributed by atoms with Crippen LogP contribution < -0.4 is 15.0 Å². The van der Waals surface area contributed by atoms with Crippen LogP contribution in [0.25, 0.3) is 0 Å². The van der Waals surface area contributed by atoms with Crippen LogP contribution in [0.3, 0.4) is 0 Å². The van der Waals surface area contributed by atoms with E-state index < -0.39 is 18.5 Å². The highest BCUT2D eigenvalue weighted by molar-refractivity contribution is 7.14. The van der Waals surface area contributed by atoms with E-state index in [-0.39, 0.29) is 12.3 Å². The summed E-state index contributed by atoms with van der Waals surface area (Å²) in [5.74, 6) is -0.459. The molecule has 1 aromatic heterocycles. The van der Waals surface area contributed by atoms with Crippen molar-refractivity contribution in [1.29, 1.82) is 0 Å². The van der Waals surface area contributed by atoms with Gasteiger partial charge in [-0.1, -0.05) is 12.1 Å². The SMILES string of the molecule is COc1ccccc1NC(=O)COC(=O)Cc1csc(N2CCCC2=O)n1. The van der Waals surface area contributed by atoms with Crippen molar-refractivity contribution in [2.24, 2.45) is 0 Å². The Morgan fingerprint density at radius 1 is 1.33 bits per heavy atom. The van der Waals surface area contributed by atoms with E-state index in [0.717, 1.165) is 6.42 Å². The molecule has 142 valence electrons. The Morgan fingerprint density at radius 2 is 2.15 bits per heavy atom. The van der Waals surface area contributed by atoms with Crippen LogP contribution >= 0.6 is 11.3 Å². The van der Waals surface area contributed by atoms with Gasteiger partial charge in [-0.3, -0.25) is 19.3 Å². The van der Waals surface area contributed by atoms with E-state index >= 15 is 0 Å². The Morgan fingerprint density at radius 3 is 2.89 bits per heavy atom. The zero-order valence-corrected chi connectivity index (χ0v) is 15.6. The first-order chi connectivity index (χ1) is 13.1. The monoisotopic (exact) mass is 389 g/mol. The topological polar surface area (TPSA) is 97.8 Å². The van der Waals surface area contributed by atoms with E-state index in [0.29, 0.717) is 35.2 Å². The van der Waals surface area contributed by atoms with Gasteiger partial charge in [0.15, 0.2) is 11.7 Å². The number of aromatic nitrogens is 1. The second kappa shape index (κ2) is 8.63. The Hall–Kier alpha value is -2.94. The lowest BCUT2D eigenvalue weighted by Crippen LogP contribution is -2.23. The van der Waals surface area contributed by atoms with Gasteiger partial charge in [-0.2, -0.15) is 0 Å². The highest BCUT2D eigenvalue weighted by atomic mass is 32.1.